The highest BCUT2D eigenvalue weighted by molar-refractivity contribution is 7.88. The first-order valence-corrected chi connectivity index (χ1v) is 12.0. The van der Waals surface area contributed by atoms with Gasteiger partial charge in [-0.3, -0.25) is 4.79 Å². The second-order valence-corrected chi connectivity index (χ2v) is 9.79. The number of aromatic nitrogens is 2. The van der Waals surface area contributed by atoms with Gasteiger partial charge < -0.3 is 10.6 Å². The van der Waals surface area contributed by atoms with Gasteiger partial charge in [-0.15, -0.1) is 0 Å². The van der Waals surface area contributed by atoms with E-state index in [2.05, 4.69) is 20.6 Å². The van der Waals surface area contributed by atoms with Gasteiger partial charge in [-0.25, -0.2) is 22.7 Å². The van der Waals surface area contributed by atoms with Gasteiger partial charge in [0.2, 0.25) is 21.9 Å². The predicted octanol–water partition coefficient (Wildman–Crippen LogP) is 3.09. The Bertz CT molecular complexity index is 1220. The molecule has 0 aliphatic carbocycles. The average Bonchev–Trinajstić information content (AvgIpc) is 2.73. The van der Waals surface area contributed by atoms with Crippen LogP contribution in [0, 0.1) is 0 Å². The summed E-state index contributed by atoms with van der Waals surface area (Å²) in [5.41, 5.74) is 3.58. The van der Waals surface area contributed by atoms with Gasteiger partial charge in [-0.1, -0.05) is 18.2 Å². The van der Waals surface area contributed by atoms with Crippen molar-refractivity contribution in [3.05, 3.63) is 48.7 Å². The standard InChI is InChI=1S/C22H25N5O3S/c1-15(28)24-20-5-3-4-16(13-20)17-6-7-21-18(12-17)14-23-22(26-21)25-19-8-10-27(11-9-19)31(2,29)30/h3-7,12-14,19H,8-11H2,1-2H3,(H,24,28)(H,23,25,26). The molecule has 9 heteroatoms. The van der Waals surface area contributed by atoms with Crippen LogP contribution in [0.1, 0.15) is 19.8 Å². The number of sulfonamides is 1. The molecule has 1 fully saturated rings. The van der Waals surface area contributed by atoms with Crippen LogP contribution in [0.25, 0.3) is 22.0 Å². The number of hydrogen-bond acceptors (Lipinski definition) is 6. The van der Waals surface area contributed by atoms with Gasteiger partial charge in [0.25, 0.3) is 0 Å². The number of anilines is 2. The van der Waals surface area contributed by atoms with E-state index in [-0.39, 0.29) is 11.9 Å². The third-order valence-corrected chi connectivity index (χ3v) is 6.66. The lowest BCUT2D eigenvalue weighted by Gasteiger charge is -2.30. The fourth-order valence-electron chi connectivity index (χ4n) is 3.78. The number of fused-ring (bicyclic) bond motifs is 1. The maximum Gasteiger partial charge on any atom is 0.223 e. The maximum atomic E-state index is 11.7. The highest BCUT2D eigenvalue weighted by Gasteiger charge is 2.25. The summed E-state index contributed by atoms with van der Waals surface area (Å²) in [5, 5.41) is 7.05. The van der Waals surface area contributed by atoms with Crippen LogP contribution >= 0.6 is 0 Å². The van der Waals surface area contributed by atoms with Crippen LogP contribution in [0.2, 0.25) is 0 Å². The maximum absolute atomic E-state index is 11.7. The van der Waals surface area contributed by atoms with Crippen LogP contribution in [0.4, 0.5) is 11.6 Å². The van der Waals surface area contributed by atoms with E-state index in [1.807, 2.05) is 42.5 Å². The molecule has 2 aromatic carbocycles. The SMILES string of the molecule is CC(=O)Nc1cccc(-c2ccc3nc(NC4CCN(S(C)(=O)=O)CC4)ncc3c2)c1. The molecule has 8 nitrogen and oxygen atoms in total. The van der Waals surface area contributed by atoms with E-state index >= 15 is 0 Å². The van der Waals surface area contributed by atoms with Gasteiger partial charge in [0, 0.05) is 43.3 Å². The molecule has 3 aromatic rings. The first-order valence-electron chi connectivity index (χ1n) is 10.1. The molecule has 162 valence electrons. The fraction of sp³-hybridized carbons (Fsp3) is 0.318. The second-order valence-electron chi connectivity index (χ2n) is 7.81. The monoisotopic (exact) mass is 439 g/mol. The molecule has 31 heavy (non-hydrogen) atoms. The zero-order valence-corrected chi connectivity index (χ0v) is 18.3. The summed E-state index contributed by atoms with van der Waals surface area (Å²) in [5.74, 6) is 0.441. The summed E-state index contributed by atoms with van der Waals surface area (Å²) >= 11 is 0. The summed E-state index contributed by atoms with van der Waals surface area (Å²) in [7, 11) is -3.13. The summed E-state index contributed by atoms with van der Waals surface area (Å²) in [6, 6.07) is 13.8. The average molecular weight is 440 g/mol. The zero-order chi connectivity index (χ0) is 22.0. The van der Waals surface area contributed by atoms with E-state index in [0.717, 1.165) is 40.6 Å². The number of benzene rings is 2. The Balaban J connectivity index is 1.48. The van der Waals surface area contributed by atoms with E-state index in [9.17, 15) is 13.2 Å². The highest BCUT2D eigenvalue weighted by atomic mass is 32.2. The lowest BCUT2D eigenvalue weighted by atomic mass is 10.0. The van der Waals surface area contributed by atoms with Crippen molar-refractivity contribution in [3.63, 3.8) is 0 Å². The molecular formula is C22H25N5O3S. The number of nitrogens with one attached hydrogen (secondary N) is 2. The molecule has 0 saturated carbocycles. The minimum atomic E-state index is -3.13. The summed E-state index contributed by atoms with van der Waals surface area (Å²) < 4.78 is 24.8. The van der Waals surface area contributed by atoms with Crippen molar-refractivity contribution >= 4 is 38.5 Å². The van der Waals surface area contributed by atoms with Crippen LogP contribution in [-0.2, 0) is 14.8 Å². The number of piperidine rings is 1. The minimum absolute atomic E-state index is 0.105. The van der Waals surface area contributed by atoms with E-state index in [1.165, 1.54) is 17.5 Å². The van der Waals surface area contributed by atoms with Gasteiger partial charge in [0.05, 0.1) is 11.8 Å². The molecule has 2 heterocycles. The molecule has 1 saturated heterocycles. The van der Waals surface area contributed by atoms with Gasteiger partial charge >= 0.3 is 0 Å². The molecule has 0 atom stereocenters. The zero-order valence-electron chi connectivity index (χ0n) is 17.5. The summed E-state index contributed by atoms with van der Waals surface area (Å²) in [4.78, 5) is 20.4. The smallest absolute Gasteiger partial charge is 0.223 e. The molecule has 4 rings (SSSR count). The Labute approximate surface area is 181 Å². The van der Waals surface area contributed by atoms with Crippen molar-refractivity contribution in [2.45, 2.75) is 25.8 Å². The van der Waals surface area contributed by atoms with Crippen molar-refractivity contribution in [2.75, 3.05) is 30.0 Å². The lowest BCUT2D eigenvalue weighted by molar-refractivity contribution is -0.114. The minimum Gasteiger partial charge on any atom is -0.351 e. The van der Waals surface area contributed by atoms with Gasteiger partial charge in [-0.05, 0) is 48.2 Å². The molecule has 1 aliphatic rings. The third-order valence-electron chi connectivity index (χ3n) is 5.35. The number of amides is 1. The Morgan fingerprint density at radius 3 is 2.55 bits per heavy atom. The summed E-state index contributed by atoms with van der Waals surface area (Å²) in [6.45, 7) is 2.50. The van der Waals surface area contributed by atoms with Gasteiger partial charge in [0.1, 0.15) is 0 Å². The Hall–Kier alpha value is -3.04. The van der Waals surface area contributed by atoms with E-state index < -0.39 is 10.0 Å². The fourth-order valence-corrected chi connectivity index (χ4v) is 4.65. The molecule has 0 unspecified atom stereocenters. The van der Waals surface area contributed by atoms with Gasteiger partial charge in [0.15, 0.2) is 0 Å². The van der Waals surface area contributed by atoms with Crippen LogP contribution in [0.3, 0.4) is 0 Å². The molecule has 0 bridgehead atoms. The predicted molar refractivity (Wildman–Crippen MR) is 122 cm³/mol. The van der Waals surface area contributed by atoms with Crippen molar-refractivity contribution in [1.29, 1.82) is 0 Å². The quantitative estimate of drug-likeness (QED) is 0.633. The molecule has 2 N–H and O–H groups in total. The Morgan fingerprint density at radius 2 is 1.84 bits per heavy atom. The number of carbonyl (C=O) groups excluding carboxylic acids is 1. The van der Waals surface area contributed by atoms with Crippen LogP contribution in [0.15, 0.2) is 48.7 Å². The Kier molecular flexibility index (Phi) is 5.88. The molecule has 1 aliphatic heterocycles. The van der Waals surface area contributed by atoms with E-state index in [1.54, 1.807) is 6.20 Å². The molecule has 1 amide bonds. The van der Waals surface area contributed by atoms with Crippen LogP contribution < -0.4 is 10.6 Å². The lowest BCUT2D eigenvalue weighted by Crippen LogP contribution is -2.42. The van der Waals surface area contributed by atoms with Crippen LogP contribution in [-0.4, -0.2) is 54.0 Å². The summed E-state index contributed by atoms with van der Waals surface area (Å²) in [6.07, 6.45) is 4.48. The number of carbonyl (C=O) groups is 1. The molecular weight excluding hydrogens is 414 g/mol. The van der Waals surface area contributed by atoms with Crippen molar-refractivity contribution in [1.82, 2.24) is 14.3 Å². The largest absolute Gasteiger partial charge is 0.351 e. The molecule has 0 radical (unpaired) electrons. The number of hydrogen-bond donors (Lipinski definition) is 2. The topological polar surface area (TPSA) is 104 Å². The number of rotatable bonds is 5. The van der Waals surface area contributed by atoms with E-state index in [0.29, 0.717) is 19.0 Å². The third kappa shape index (κ3) is 5.18. The number of nitrogens with zero attached hydrogens (tertiary/aromatic N) is 3. The molecule has 1 aromatic heterocycles. The first-order chi connectivity index (χ1) is 14.8. The second kappa shape index (κ2) is 8.60. The first kappa shape index (κ1) is 21.2. The van der Waals surface area contributed by atoms with E-state index in [4.69, 9.17) is 0 Å². The van der Waals surface area contributed by atoms with Crippen molar-refractivity contribution in [2.24, 2.45) is 0 Å². The van der Waals surface area contributed by atoms with Crippen LogP contribution in [0.5, 0.6) is 0 Å². The van der Waals surface area contributed by atoms with Crippen molar-refractivity contribution < 1.29 is 13.2 Å². The Morgan fingerprint density at radius 1 is 1.10 bits per heavy atom. The van der Waals surface area contributed by atoms with Gasteiger partial charge in [-0.2, -0.15) is 0 Å². The highest BCUT2D eigenvalue weighted by Crippen LogP contribution is 2.26. The molecule has 0 spiro atoms. The van der Waals surface area contributed by atoms with Crippen molar-refractivity contribution in [3.8, 4) is 11.1 Å². The normalized spacial score (nSPS) is 15.7.